The third-order valence-corrected chi connectivity index (χ3v) is 4.40. The summed E-state index contributed by atoms with van der Waals surface area (Å²) in [6, 6.07) is 0.615. The molecule has 2 rings (SSSR count). The number of likely N-dealkylation sites (N-methyl/N-ethyl adjacent to an activating group) is 1. The lowest BCUT2D eigenvalue weighted by Crippen LogP contribution is -2.44. The second-order valence-corrected chi connectivity index (χ2v) is 5.70. The molecule has 17 heavy (non-hydrogen) atoms. The molecule has 1 N–H and O–H groups in total. The number of rotatable bonds is 4. The highest BCUT2D eigenvalue weighted by molar-refractivity contribution is 5.83. The summed E-state index contributed by atoms with van der Waals surface area (Å²) in [5, 5.41) is 3.37. The predicted molar refractivity (Wildman–Crippen MR) is 70.1 cm³/mol. The molecular formula is C14H26N2O. The highest BCUT2D eigenvalue weighted by Gasteiger charge is 2.25. The molecule has 0 amide bonds. The van der Waals surface area contributed by atoms with Crippen molar-refractivity contribution in [3.05, 3.63) is 0 Å². The third-order valence-electron chi connectivity index (χ3n) is 4.40. The fraction of sp³-hybridized carbons (Fsp3) is 0.929. The number of ketones is 1. The Hall–Kier alpha value is -0.410. The lowest BCUT2D eigenvalue weighted by Gasteiger charge is -2.32. The van der Waals surface area contributed by atoms with Gasteiger partial charge in [-0.1, -0.05) is 19.3 Å². The molecule has 2 fully saturated rings. The van der Waals surface area contributed by atoms with Gasteiger partial charge in [-0.05, 0) is 45.8 Å². The average molecular weight is 238 g/mol. The lowest BCUT2D eigenvalue weighted by atomic mass is 9.86. The number of nitrogens with one attached hydrogen (secondary N) is 1. The van der Waals surface area contributed by atoms with E-state index < -0.39 is 0 Å². The Labute approximate surface area is 105 Å². The highest BCUT2D eigenvalue weighted by Crippen LogP contribution is 2.24. The second kappa shape index (κ2) is 6.50. The minimum atomic E-state index is 0.368. The van der Waals surface area contributed by atoms with Gasteiger partial charge in [0.15, 0.2) is 0 Å². The molecule has 0 atom stereocenters. The van der Waals surface area contributed by atoms with Crippen LogP contribution in [-0.2, 0) is 4.79 Å². The SMILES string of the molecule is CN(CC(=O)C1CCCCC1)C1CCNCC1. The Morgan fingerprint density at radius 2 is 1.76 bits per heavy atom. The van der Waals surface area contributed by atoms with Crippen molar-refractivity contribution < 1.29 is 4.79 Å². The average Bonchev–Trinajstić information content (AvgIpc) is 2.40. The summed E-state index contributed by atoms with van der Waals surface area (Å²) in [7, 11) is 2.12. The summed E-state index contributed by atoms with van der Waals surface area (Å²) in [5.41, 5.74) is 0. The van der Waals surface area contributed by atoms with E-state index in [9.17, 15) is 4.79 Å². The van der Waals surface area contributed by atoms with Crippen LogP contribution in [0.15, 0.2) is 0 Å². The van der Waals surface area contributed by atoms with Gasteiger partial charge in [0.1, 0.15) is 5.78 Å². The number of Topliss-reactive ketones (excluding diaryl/α,β-unsaturated/α-hetero) is 1. The fourth-order valence-corrected chi connectivity index (χ4v) is 3.18. The first-order valence-electron chi connectivity index (χ1n) is 7.21. The Balaban J connectivity index is 1.76. The van der Waals surface area contributed by atoms with Crippen molar-refractivity contribution >= 4 is 5.78 Å². The minimum Gasteiger partial charge on any atom is -0.317 e. The van der Waals surface area contributed by atoms with Crippen LogP contribution in [0.4, 0.5) is 0 Å². The largest absolute Gasteiger partial charge is 0.317 e. The molecule has 1 saturated heterocycles. The van der Waals surface area contributed by atoms with E-state index >= 15 is 0 Å². The maximum Gasteiger partial charge on any atom is 0.149 e. The van der Waals surface area contributed by atoms with Crippen molar-refractivity contribution in [2.45, 2.75) is 51.0 Å². The zero-order chi connectivity index (χ0) is 12.1. The topological polar surface area (TPSA) is 32.3 Å². The smallest absolute Gasteiger partial charge is 0.149 e. The first-order valence-corrected chi connectivity index (χ1v) is 7.21. The second-order valence-electron chi connectivity index (χ2n) is 5.70. The summed E-state index contributed by atoms with van der Waals surface area (Å²) in [4.78, 5) is 14.5. The molecule has 98 valence electrons. The van der Waals surface area contributed by atoms with E-state index in [-0.39, 0.29) is 0 Å². The maximum absolute atomic E-state index is 12.2. The van der Waals surface area contributed by atoms with Gasteiger partial charge in [0.2, 0.25) is 0 Å². The summed E-state index contributed by atoms with van der Waals surface area (Å²) in [6.07, 6.45) is 8.50. The van der Waals surface area contributed by atoms with Gasteiger partial charge in [-0.15, -0.1) is 0 Å². The normalized spacial score (nSPS) is 24.1. The molecule has 0 aromatic rings. The van der Waals surface area contributed by atoms with Gasteiger partial charge in [0.25, 0.3) is 0 Å². The van der Waals surface area contributed by atoms with Crippen LogP contribution >= 0.6 is 0 Å². The molecule has 1 saturated carbocycles. The number of carbonyl (C=O) groups excluding carboxylic acids is 1. The van der Waals surface area contributed by atoms with Crippen LogP contribution in [0.5, 0.6) is 0 Å². The highest BCUT2D eigenvalue weighted by atomic mass is 16.1. The van der Waals surface area contributed by atoms with E-state index in [0.29, 0.717) is 24.3 Å². The molecule has 3 nitrogen and oxygen atoms in total. The van der Waals surface area contributed by atoms with Gasteiger partial charge < -0.3 is 5.32 Å². The molecule has 1 aliphatic heterocycles. The quantitative estimate of drug-likeness (QED) is 0.811. The van der Waals surface area contributed by atoms with E-state index in [1.165, 1.54) is 32.1 Å². The maximum atomic E-state index is 12.2. The minimum absolute atomic E-state index is 0.368. The van der Waals surface area contributed by atoms with Gasteiger partial charge in [-0.25, -0.2) is 0 Å². The first-order chi connectivity index (χ1) is 8.27. The van der Waals surface area contributed by atoms with Gasteiger partial charge in [-0.2, -0.15) is 0 Å². The number of hydrogen-bond acceptors (Lipinski definition) is 3. The van der Waals surface area contributed by atoms with Crippen molar-refractivity contribution in [3.63, 3.8) is 0 Å². The molecule has 0 aromatic carbocycles. The van der Waals surface area contributed by atoms with Crippen molar-refractivity contribution in [3.8, 4) is 0 Å². The predicted octanol–water partition coefficient (Wildman–Crippen LogP) is 1.82. The van der Waals surface area contributed by atoms with E-state index in [4.69, 9.17) is 0 Å². The van der Waals surface area contributed by atoms with Crippen LogP contribution in [0.1, 0.15) is 44.9 Å². The van der Waals surface area contributed by atoms with Crippen molar-refractivity contribution in [1.29, 1.82) is 0 Å². The van der Waals surface area contributed by atoms with Crippen LogP contribution < -0.4 is 5.32 Å². The number of hydrogen-bond donors (Lipinski definition) is 1. The molecule has 2 aliphatic rings. The number of piperidine rings is 1. The molecule has 3 heteroatoms. The fourth-order valence-electron chi connectivity index (χ4n) is 3.18. The van der Waals surface area contributed by atoms with Gasteiger partial charge in [-0.3, -0.25) is 9.69 Å². The van der Waals surface area contributed by atoms with Crippen LogP contribution in [-0.4, -0.2) is 43.4 Å². The summed E-state index contributed by atoms with van der Waals surface area (Å²) in [5.74, 6) is 0.860. The summed E-state index contributed by atoms with van der Waals surface area (Å²) >= 11 is 0. The Morgan fingerprint density at radius 3 is 2.41 bits per heavy atom. The summed E-state index contributed by atoms with van der Waals surface area (Å²) < 4.78 is 0. The molecule has 1 aliphatic carbocycles. The summed E-state index contributed by atoms with van der Waals surface area (Å²) in [6.45, 7) is 2.88. The number of carbonyl (C=O) groups is 1. The zero-order valence-electron chi connectivity index (χ0n) is 11.1. The van der Waals surface area contributed by atoms with Crippen LogP contribution in [0.3, 0.4) is 0 Å². The van der Waals surface area contributed by atoms with Crippen molar-refractivity contribution in [2.24, 2.45) is 5.92 Å². The first kappa shape index (κ1) is 13.0. The molecule has 0 bridgehead atoms. The molecule has 0 unspecified atom stereocenters. The van der Waals surface area contributed by atoms with Gasteiger partial charge in [0.05, 0.1) is 6.54 Å². The molecule has 0 spiro atoms. The Kier molecular flexibility index (Phi) is 4.99. The lowest BCUT2D eigenvalue weighted by molar-refractivity contribution is -0.125. The van der Waals surface area contributed by atoms with Gasteiger partial charge in [0, 0.05) is 12.0 Å². The molecule has 0 radical (unpaired) electrons. The zero-order valence-corrected chi connectivity index (χ0v) is 11.1. The molecule has 0 aromatic heterocycles. The van der Waals surface area contributed by atoms with Crippen molar-refractivity contribution in [2.75, 3.05) is 26.7 Å². The Morgan fingerprint density at radius 1 is 1.12 bits per heavy atom. The number of nitrogens with zero attached hydrogens (tertiary/aromatic N) is 1. The van der Waals surface area contributed by atoms with E-state index in [1.54, 1.807) is 0 Å². The standard InChI is InChI=1S/C14H26N2O/c1-16(13-7-9-15-10-8-13)11-14(17)12-5-3-2-4-6-12/h12-13,15H,2-11H2,1H3. The van der Waals surface area contributed by atoms with Crippen molar-refractivity contribution in [1.82, 2.24) is 10.2 Å². The van der Waals surface area contributed by atoms with Crippen LogP contribution in [0.25, 0.3) is 0 Å². The third kappa shape index (κ3) is 3.78. The van der Waals surface area contributed by atoms with Crippen LogP contribution in [0.2, 0.25) is 0 Å². The van der Waals surface area contributed by atoms with Crippen LogP contribution in [0, 0.1) is 5.92 Å². The molecular weight excluding hydrogens is 212 g/mol. The monoisotopic (exact) mass is 238 g/mol. The van der Waals surface area contributed by atoms with E-state index in [2.05, 4.69) is 17.3 Å². The molecule has 1 heterocycles. The Bertz CT molecular complexity index is 243. The van der Waals surface area contributed by atoms with E-state index in [1.807, 2.05) is 0 Å². The van der Waals surface area contributed by atoms with Gasteiger partial charge >= 0.3 is 0 Å². The van der Waals surface area contributed by atoms with E-state index in [0.717, 1.165) is 25.9 Å².